The zero-order valence-corrected chi connectivity index (χ0v) is 9.91. The summed E-state index contributed by atoms with van der Waals surface area (Å²) in [6.45, 7) is 0.340. The average molecular weight is 272 g/mol. The summed E-state index contributed by atoms with van der Waals surface area (Å²) in [5.74, 6) is 0. The van der Waals surface area contributed by atoms with E-state index in [4.69, 9.17) is 10.3 Å². The summed E-state index contributed by atoms with van der Waals surface area (Å²) in [4.78, 5) is -2.66. The molecule has 1 aliphatic carbocycles. The molecule has 0 saturated carbocycles. The van der Waals surface area contributed by atoms with Crippen molar-refractivity contribution in [1.82, 2.24) is 0 Å². The molecule has 0 spiro atoms. The van der Waals surface area contributed by atoms with E-state index >= 15 is 0 Å². The highest BCUT2D eigenvalue weighted by molar-refractivity contribution is 7.87. The lowest BCUT2D eigenvalue weighted by atomic mass is 10.00. The predicted molar refractivity (Wildman–Crippen MR) is 60.6 cm³/mol. The second-order valence-electron chi connectivity index (χ2n) is 3.29. The summed E-state index contributed by atoms with van der Waals surface area (Å²) in [5, 5.41) is 18.9. The average Bonchev–Trinajstić information content (AvgIpc) is 2.10. The first kappa shape index (κ1) is 15.6. The quantitative estimate of drug-likeness (QED) is 0.498. The van der Waals surface area contributed by atoms with Gasteiger partial charge in [-0.1, -0.05) is 6.08 Å². The predicted octanol–water partition coefficient (Wildman–Crippen LogP) is -0.809. The third kappa shape index (κ3) is 2.82. The van der Waals surface area contributed by atoms with Crippen LogP contribution in [-0.2, 0) is 10.1 Å². The highest BCUT2D eigenvalue weighted by Gasteiger charge is 2.46. The molecule has 8 heteroatoms. The lowest BCUT2D eigenvalue weighted by Crippen LogP contribution is -2.47. The fraction of sp³-hybridized carbons (Fsp3) is 0.500. The third-order valence-corrected chi connectivity index (χ3v) is 3.38. The summed E-state index contributed by atoms with van der Waals surface area (Å²) in [6.07, 6.45) is 2.07. The summed E-state index contributed by atoms with van der Waals surface area (Å²) < 4.78 is 30.4. The SMILES string of the molecule is Cl.NCCC1=CC(O)C(O)(S(=O)(=O)O)C=C1. The molecular formula is C8H14ClNO5S. The normalized spacial score (nSPS) is 29.5. The Morgan fingerprint density at radius 2 is 2.06 bits per heavy atom. The zero-order chi connectivity index (χ0) is 11.7. The Bertz CT molecular complexity index is 405. The monoisotopic (exact) mass is 271 g/mol. The summed E-state index contributed by atoms with van der Waals surface area (Å²) in [5.41, 5.74) is 5.88. The highest BCUT2D eigenvalue weighted by Crippen LogP contribution is 2.27. The summed E-state index contributed by atoms with van der Waals surface area (Å²) in [7, 11) is -4.77. The molecule has 2 atom stereocenters. The molecule has 0 bridgehead atoms. The minimum Gasteiger partial charge on any atom is -0.384 e. The molecule has 0 fully saturated rings. The van der Waals surface area contributed by atoms with Gasteiger partial charge in [-0.3, -0.25) is 4.55 Å². The molecule has 6 nitrogen and oxygen atoms in total. The van der Waals surface area contributed by atoms with Gasteiger partial charge in [-0.25, -0.2) is 0 Å². The smallest absolute Gasteiger partial charge is 0.301 e. The number of hydrogen-bond donors (Lipinski definition) is 4. The van der Waals surface area contributed by atoms with Crippen LogP contribution in [0.15, 0.2) is 23.8 Å². The van der Waals surface area contributed by atoms with Gasteiger partial charge in [0, 0.05) is 0 Å². The molecule has 0 aromatic carbocycles. The lowest BCUT2D eigenvalue weighted by molar-refractivity contribution is 0.0390. The molecule has 0 heterocycles. The molecule has 0 aromatic rings. The van der Waals surface area contributed by atoms with Crippen LogP contribution in [-0.4, -0.2) is 40.8 Å². The van der Waals surface area contributed by atoms with E-state index in [9.17, 15) is 18.6 Å². The molecule has 0 radical (unpaired) electrons. The van der Waals surface area contributed by atoms with E-state index in [1.807, 2.05) is 0 Å². The van der Waals surface area contributed by atoms with Crippen LogP contribution in [0.3, 0.4) is 0 Å². The molecule has 1 aliphatic rings. The Labute approximate surface area is 99.6 Å². The van der Waals surface area contributed by atoms with Gasteiger partial charge in [-0.15, -0.1) is 12.4 Å². The van der Waals surface area contributed by atoms with E-state index in [1.165, 1.54) is 6.08 Å². The number of hydrogen-bond acceptors (Lipinski definition) is 5. The largest absolute Gasteiger partial charge is 0.384 e. The maximum atomic E-state index is 10.8. The number of nitrogens with two attached hydrogens (primary N) is 1. The fourth-order valence-electron chi connectivity index (χ4n) is 1.27. The van der Waals surface area contributed by atoms with Crippen molar-refractivity contribution in [3.05, 3.63) is 23.8 Å². The summed E-state index contributed by atoms with van der Waals surface area (Å²) in [6, 6.07) is 0. The Balaban J connectivity index is 0.00000225. The number of aliphatic hydroxyl groups excluding tert-OH is 1. The van der Waals surface area contributed by atoms with Gasteiger partial charge in [0.1, 0.15) is 6.10 Å². The molecule has 2 unspecified atom stereocenters. The molecule has 0 aliphatic heterocycles. The molecule has 1 rings (SSSR count). The van der Waals surface area contributed by atoms with Crippen LogP contribution in [0.4, 0.5) is 0 Å². The molecular weight excluding hydrogens is 258 g/mol. The molecule has 0 amide bonds. The van der Waals surface area contributed by atoms with Crippen molar-refractivity contribution in [3.8, 4) is 0 Å². The van der Waals surface area contributed by atoms with Crippen molar-refractivity contribution in [2.75, 3.05) is 6.54 Å². The van der Waals surface area contributed by atoms with E-state index in [-0.39, 0.29) is 12.4 Å². The molecule has 0 saturated heterocycles. The Kier molecular flexibility index (Phi) is 5.12. The van der Waals surface area contributed by atoms with Crippen molar-refractivity contribution >= 4 is 22.5 Å². The van der Waals surface area contributed by atoms with Crippen LogP contribution in [0.25, 0.3) is 0 Å². The second kappa shape index (κ2) is 5.26. The van der Waals surface area contributed by atoms with Crippen LogP contribution < -0.4 is 5.73 Å². The van der Waals surface area contributed by atoms with Gasteiger partial charge in [0.2, 0.25) is 4.93 Å². The van der Waals surface area contributed by atoms with Gasteiger partial charge < -0.3 is 15.9 Å². The first-order valence-electron chi connectivity index (χ1n) is 4.29. The number of aliphatic hydroxyl groups is 2. The van der Waals surface area contributed by atoms with Crippen molar-refractivity contribution in [2.45, 2.75) is 17.5 Å². The highest BCUT2D eigenvalue weighted by atomic mass is 35.5. The molecule has 5 N–H and O–H groups in total. The van der Waals surface area contributed by atoms with E-state index in [1.54, 1.807) is 0 Å². The molecule has 0 aromatic heterocycles. The maximum Gasteiger partial charge on any atom is 0.301 e. The van der Waals surface area contributed by atoms with Gasteiger partial charge in [0.25, 0.3) is 0 Å². The molecule has 16 heavy (non-hydrogen) atoms. The Hall–Kier alpha value is -0.440. The number of rotatable bonds is 3. The number of halogens is 1. The van der Waals surface area contributed by atoms with E-state index in [0.717, 1.165) is 12.2 Å². The zero-order valence-electron chi connectivity index (χ0n) is 8.28. The minimum absolute atomic E-state index is 0. The lowest BCUT2D eigenvalue weighted by Gasteiger charge is -2.28. The number of allylic oxidation sites excluding steroid dienone is 1. The standard InChI is InChI=1S/C8H13NO5S.ClH/c9-4-2-6-1-3-8(11,7(10)5-6)15(12,13)14;/h1,3,5,7,10-11H,2,4,9H2,(H,12,13,14);1H. The van der Waals surface area contributed by atoms with Crippen LogP contribution in [0, 0.1) is 0 Å². The van der Waals surface area contributed by atoms with Gasteiger partial charge in [-0.05, 0) is 30.7 Å². The first-order chi connectivity index (χ1) is 6.81. The van der Waals surface area contributed by atoms with E-state index < -0.39 is 21.2 Å². The first-order valence-corrected chi connectivity index (χ1v) is 5.73. The van der Waals surface area contributed by atoms with Crippen molar-refractivity contribution in [2.24, 2.45) is 5.73 Å². The van der Waals surface area contributed by atoms with Crippen LogP contribution in [0.5, 0.6) is 0 Å². The maximum absolute atomic E-state index is 10.8. The Morgan fingerprint density at radius 1 is 1.50 bits per heavy atom. The second-order valence-corrected chi connectivity index (χ2v) is 4.89. The summed E-state index contributed by atoms with van der Waals surface area (Å²) >= 11 is 0. The van der Waals surface area contributed by atoms with Gasteiger partial charge in [-0.2, -0.15) is 8.42 Å². The van der Waals surface area contributed by atoms with Crippen LogP contribution in [0.2, 0.25) is 0 Å². The van der Waals surface area contributed by atoms with Crippen molar-refractivity contribution < 1.29 is 23.2 Å². The molecule has 94 valence electrons. The fourth-order valence-corrected chi connectivity index (χ4v) is 1.89. The van der Waals surface area contributed by atoms with Gasteiger partial charge in [0.15, 0.2) is 0 Å². The third-order valence-electron chi connectivity index (χ3n) is 2.18. The Morgan fingerprint density at radius 3 is 2.44 bits per heavy atom. The van der Waals surface area contributed by atoms with Gasteiger partial charge >= 0.3 is 10.1 Å². The van der Waals surface area contributed by atoms with E-state index in [0.29, 0.717) is 18.5 Å². The van der Waals surface area contributed by atoms with Crippen molar-refractivity contribution in [1.29, 1.82) is 0 Å². The van der Waals surface area contributed by atoms with Crippen LogP contribution >= 0.6 is 12.4 Å². The van der Waals surface area contributed by atoms with Gasteiger partial charge in [0.05, 0.1) is 0 Å². The van der Waals surface area contributed by atoms with E-state index in [2.05, 4.69) is 0 Å². The van der Waals surface area contributed by atoms with Crippen LogP contribution in [0.1, 0.15) is 6.42 Å². The topological polar surface area (TPSA) is 121 Å². The minimum atomic E-state index is -4.77. The van der Waals surface area contributed by atoms with Crippen molar-refractivity contribution in [3.63, 3.8) is 0 Å².